The van der Waals surface area contributed by atoms with E-state index in [4.69, 9.17) is 0 Å². The highest BCUT2D eigenvalue weighted by Crippen LogP contribution is 2.25. The molecule has 0 saturated carbocycles. The van der Waals surface area contributed by atoms with E-state index in [1.165, 1.54) is 4.31 Å². The SMILES string of the molecule is Cc1ccc(S(=O)(=O)N2CCCC(C(=O)N[C@@H](Cc3ccc(NC(=O)N4CCN(c5ccccc5)CC4)cc3)C(=O)O)C2)cc1. The quantitative estimate of drug-likeness (QED) is 0.328. The number of carbonyl (C=O) groups excluding carboxylic acids is 2. The Morgan fingerprint density at radius 3 is 2.20 bits per heavy atom. The molecule has 2 saturated heterocycles. The molecule has 3 aromatic carbocycles. The molecule has 5 rings (SSSR count). The molecule has 12 heteroatoms. The normalized spacial score (nSPS) is 18.2. The fourth-order valence-electron chi connectivity index (χ4n) is 5.69. The smallest absolute Gasteiger partial charge is 0.326 e. The lowest BCUT2D eigenvalue weighted by atomic mass is 9.97. The Morgan fingerprint density at radius 2 is 1.56 bits per heavy atom. The first-order valence-electron chi connectivity index (χ1n) is 15.1. The van der Waals surface area contributed by atoms with Crippen LogP contribution < -0.4 is 15.5 Å². The van der Waals surface area contributed by atoms with Crippen LogP contribution in [0.3, 0.4) is 0 Å². The zero-order valence-electron chi connectivity index (χ0n) is 25.3. The molecule has 0 aromatic heterocycles. The van der Waals surface area contributed by atoms with Gasteiger partial charge in [0, 0.05) is 57.1 Å². The molecule has 0 bridgehead atoms. The highest BCUT2D eigenvalue weighted by Gasteiger charge is 2.34. The van der Waals surface area contributed by atoms with Crippen LogP contribution in [-0.4, -0.2) is 85.9 Å². The molecule has 1 unspecified atom stereocenters. The van der Waals surface area contributed by atoms with E-state index in [9.17, 15) is 27.9 Å². The van der Waals surface area contributed by atoms with Crippen LogP contribution in [0.5, 0.6) is 0 Å². The van der Waals surface area contributed by atoms with E-state index in [0.717, 1.165) is 24.3 Å². The van der Waals surface area contributed by atoms with Gasteiger partial charge in [0.2, 0.25) is 15.9 Å². The van der Waals surface area contributed by atoms with Crippen molar-refractivity contribution in [2.45, 2.75) is 37.1 Å². The second kappa shape index (κ2) is 14.1. The molecule has 0 aliphatic carbocycles. The summed E-state index contributed by atoms with van der Waals surface area (Å²) in [4.78, 5) is 42.2. The highest BCUT2D eigenvalue weighted by molar-refractivity contribution is 7.89. The second-order valence-electron chi connectivity index (χ2n) is 11.6. The molecule has 238 valence electrons. The molecule has 2 fully saturated rings. The summed E-state index contributed by atoms with van der Waals surface area (Å²) in [6.45, 7) is 4.82. The molecule has 3 amide bonds. The molecular weight excluding hydrogens is 594 g/mol. The Labute approximate surface area is 263 Å². The number of nitrogens with one attached hydrogen (secondary N) is 2. The van der Waals surface area contributed by atoms with Crippen LogP contribution in [0.25, 0.3) is 0 Å². The lowest BCUT2D eigenvalue weighted by Crippen LogP contribution is -2.50. The van der Waals surface area contributed by atoms with Gasteiger partial charge in [0.05, 0.1) is 10.8 Å². The third kappa shape index (κ3) is 8.00. The number of nitrogens with zero attached hydrogens (tertiary/aromatic N) is 3. The number of piperidine rings is 1. The minimum atomic E-state index is -3.77. The van der Waals surface area contributed by atoms with Gasteiger partial charge >= 0.3 is 12.0 Å². The van der Waals surface area contributed by atoms with Gasteiger partial charge in [-0.15, -0.1) is 0 Å². The first kappa shape index (κ1) is 32.0. The Morgan fingerprint density at radius 1 is 0.889 bits per heavy atom. The van der Waals surface area contributed by atoms with Gasteiger partial charge in [-0.25, -0.2) is 18.0 Å². The first-order valence-corrected chi connectivity index (χ1v) is 16.6. The predicted molar refractivity (Wildman–Crippen MR) is 172 cm³/mol. The monoisotopic (exact) mass is 633 g/mol. The number of sulfonamides is 1. The summed E-state index contributed by atoms with van der Waals surface area (Å²) in [7, 11) is -3.77. The van der Waals surface area contributed by atoms with Crippen LogP contribution in [0, 0.1) is 12.8 Å². The number of carboxylic acid groups (broad SMARTS) is 1. The summed E-state index contributed by atoms with van der Waals surface area (Å²) in [6, 6.07) is 22.1. The van der Waals surface area contributed by atoms with Gasteiger partial charge in [-0.05, 0) is 61.7 Å². The zero-order valence-corrected chi connectivity index (χ0v) is 26.1. The number of carboxylic acids is 1. The predicted octanol–water partition coefficient (Wildman–Crippen LogP) is 3.56. The van der Waals surface area contributed by atoms with E-state index in [2.05, 4.69) is 27.7 Å². The maximum absolute atomic E-state index is 13.2. The average molecular weight is 634 g/mol. The number of benzene rings is 3. The van der Waals surface area contributed by atoms with E-state index in [-0.39, 0.29) is 23.9 Å². The molecule has 3 aromatic rings. The number of hydrogen-bond donors (Lipinski definition) is 3. The van der Waals surface area contributed by atoms with Gasteiger partial charge in [-0.1, -0.05) is 48.0 Å². The first-order chi connectivity index (χ1) is 21.6. The lowest BCUT2D eigenvalue weighted by molar-refractivity contribution is -0.142. The van der Waals surface area contributed by atoms with E-state index in [0.29, 0.717) is 43.7 Å². The third-order valence-electron chi connectivity index (χ3n) is 8.36. The fraction of sp³-hybridized carbons (Fsp3) is 0.364. The number of piperazine rings is 1. The minimum Gasteiger partial charge on any atom is -0.480 e. The van der Waals surface area contributed by atoms with Crippen molar-refractivity contribution in [2.24, 2.45) is 5.92 Å². The van der Waals surface area contributed by atoms with Crippen LogP contribution in [0.15, 0.2) is 83.8 Å². The van der Waals surface area contributed by atoms with Gasteiger partial charge in [-0.3, -0.25) is 4.79 Å². The standard InChI is InChI=1S/C33H39N5O6S/c1-24-9-15-29(16-10-24)45(43,44)38-17-5-6-26(23-38)31(39)35-30(32(40)41)22-25-11-13-27(14-12-25)34-33(42)37-20-18-36(19-21-37)28-7-3-2-4-8-28/h2-4,7-16,26,30H,5-6,17-23H2,1H3,(H,34,42)(H,35,39)(H,40,41)/t26?,30-/m0/s1. The number of hydrogen-bond acceptors (Lipinski definition) is 6. The zero-order chi connectivity index (χ0) is 32.0. The number of amides is 3. The lowest BCUT2D eigenvalue weighted by Gasteiger charge is -2.36. The van der Waals surface area contributed by atoms with Gasteiger partial charge in [0.25, 0.3) is 0 Å². The summed E-state index contributed by atoms with van der Waals surface area (Å²) < 4.78 is 27.6. The van der Waals surface area contributed by atoms with Crippen molar-refractivity contribution in [3.05, 3.63) is 90.0 Å². The molecule has 2 aliphatic heterocycles. The number of aliphatic carboxylic acids is 1. The number of rotatable bonds is 9. The van der Waals surface area contributed by atoms with Gasteiger partial charge in [-0.2, -0.15) is 4.31 Å². The maximum atomic E-state index is 13.2. The van der Waals surface area contributed by atoms with Crippen molar-refractivity contribution in [3.8, 4) is 0 Å². The van der Waals surface area contributed by atoms with E-state index >= 15 is 0 Å². The molecule has 0 radical (unpaired) electrons. The summed E-state index contributed by atoms with van der Waals surface area (Å²) in [5.74, 6) is -2.33. The molecule has 3 N–H and O–H groups in total. The van der Waals surface area contributed by atoms with Crippen LogP contribution in [0.4, 0.5) is 16.2 Å². The molecule has 2 heterocycles. The second-order valence-corrected chi connectivity index (χ2v) is 13.5. The topological polar surface area (TPSA) is 139 Å². The third-order valence-corrected chi connectivity index (χ3v) is 10.2. The summed E-state index contributed by atoms with van der Waals surface area (Å²) >= 11 is 0. The van der Waals surface area contributed by atoms with Crippen LogP contribution in [0.1, 0.15) is 24.0 Å². The van der Waals surface area contributed by atoms with E-state index in [1.54, 1.807) is 53.4 Å². The Hall–Kier alpha value is -4.42. The molecule has 11 nitrogen and oxygen atoms in total. The van der Waals surface area contributed by atoms with E-state index in [1.807, 2.05) is 25.1 Å². The number of para-hydroxylation sites is 1. The minimum absolute atomic E-state index is 0.00984. The summed E-state index contributed by atoms with van der Waals surface area (Å²) in [5.41, 5.74) is 3.33. The Bertz CT molecular complexity index is 1590. The van der Waals surface area contributed by atoms with E-state index < -0.39 is 33.9 Å². The molecule has 2 aliphatic rings. The van der Waals surface area contributed by atoms with Crippen LogP contribution in [-0.2, 0) is 26.0 Å². The van der Waals surface area contributed by atoms with Crippen molar-refractivity contribution in [1.82, 2.24) is 14.5 Å². The van der Waals surface area contributed by atoms with Crippen molar-refractivity contribution in [3.63, 3.8) is 0 Å². The fourth-order valence-corrected chi connectivity index (χ4v) is 7.22. The van der Waals surface area contributed by atoms with Gasteiger partial charge in [0.1, 0.15) is 6.04 Å². The number of urea groups is 1. The van der Waals surface area contributed by atoms with Crippen molar-refractivity contribution in [1.29, 1.82) is 0 Å². The number of anilines is 2. The summed E-state index contributed by atoms with van der Waals surface area (Å²) in [5, 5.41) is 15.4. The Balaban J connectivity index is 1.13. The average Bonchev–Trinajstić information content (AvgIpc) is 3.06. The summed E-state index contributed by atoms with van der Waals surface area (Å²) in [6.07, 6.45) is 0.999. The van der Waals surface area contributed by atoms with Crippen molar-refractivity contribution >= 4 is 39.3 Å². The van der Waals surface area contributed by atoms with Crippen molar-refractivity contribution in [2.75, 3.05) is 49.5 Å². The molecule has 0 spiro atoms. The van der Waals surface area contributed by atoms with Crippen LogP contribution >= 0.6 is 0 Å². The van der Waals surface area contributed by atoms with Crippen LogP contribution in [0.2, 0.25) is 0 Å². The maximum Gasteiger partial charge on any atom is 0.326 e. The number of aryl methyl sites for hydroxylation is 1. The van der Waals surface area contributed by atoms with Crippen molar-refractivity contribution < 1.29 is 27.9 Å². The molecule has 2 atom stereocenters. The number of carbonyl (C=O) groups is 3. The van der Waals surface area contributed by atoms with Gasteiger partial charge < -0.3 is 25.5 Å². The van der Waals surface area contributed by atoms with Gasteiger partial charge in [0.15, 0.2) is 0 Å². The largest absolute Gasteiger partial charge is 0.480 e. The molecular formula is C33H39N5O6S. The Kier molecular flexibility index (Phi) is 10.0. The molecule has 45 heavy (non-hydrogen) atoms. The highest BCUT2D eigenvalue weighted by atomic mass is 32.2.